The fraction of sp³-hybridized carbons (Fsp3) is 1.00. The van der Waals surface area contributed by atoms with Crippen molar-refractivity contribution in [3.05, 3.63) is 0 Å². The van der Waals surface area contributed by atoms with Crippen molar-refractivity contribution in [2.45, 2.75) is 39.0 Å². The zero-order valence-electron chi connectivity index (χ0n) is 6.77. The Hall–Kier alpha value is 0. The van der Waals surface area contributed by atoms with Gasteiger partial charge in [0, 0.05) is 0 Å². The highest BCUT2D eigenvalue weighted by atomic mass is 14.7. The van der Waals surface area contributed by atoms with Crippen molar-refractivity contribution in [2.75, 3.05) is 0 Å². The summed E-state index contributed by atoms with van der Waals surface area (Å²) < 4.78 is 0. The highest BCUT2D eigenvalue weighted by Crippen LogP contribution is 2.71. The third-order valence-corrected chi connectivity index (χ3v) is 4.65. The predicted molar refractivity (Wildman–Crippen MR) is 41.7 cm³/mol. The molecule has 0 radical (unpaired) electrons. The fourth-order valence-corrected chi connectivity index (χ4v) is 4.26. The lowest BCUT2D eigenvalue weighted by atomic mass is 9.52. The van der Waals surface area contributed by atoms with E-state index in [0.717, 1.165) is 5.41 Å². The first-order valence-corrected chi connectivity index (χ1v) is 4.84. The molecule has 0 aromatic rings. The second-order valence-corrected chi connectivity index (χ2v) is 4.83. The van der Waals surface area contributed by atoms with Gasteiger partial charge in [0.15, 0.2) is 0 Å². The Morgan fingerprint density at radius 3 is 2.60 bits per heavy atom. The van der Waals surface area contributed by atoms with Gasteiger partial charge in [-0.2, -0.15) is 0 Å². The molecule has 2 bridgehead atoms. The van der Waals surface area contributed by atoms with Crippen LogP contribution in [0.3, 0.4) is 0 Å². The van der Waals surface area contributed by atoms with Crippen LogP contribution in [0.2, 0.25) is 0 Å². The van der Waals surface area contributed by atoms with E-state index in [0.29, 0.717) is 0 Å². The van der Waals surface area contributed by atoms with Crippen molar-refractivity contribution >= 4 is 0 Å². The molecule has 3 aliphatic rings. The Labute approximate surface area is 63.0 Å². The third-order valence-electron chi connectivity index (χ3n) is 4.65. The Morgan fingerprint density at radius 1 is 1.30 bits per heavy atom. The predicted octanol–water partition coefficient (Wildman–Crippen LogP) is 2.83. The first-order valence-electron chi connectivity index (χ1n) is 4.84. The highest BCUT2D eigenvalue weighted by molar-refractivity contribution is 5.12. The quantitative estimate of drug-likeness (QED) is 0.520. The molecule has 0 aromatic heterocycles. The van der Waals surface area contributed by atoms with Gasteiger partial charge in [0.25, 0.3) is 0 Å². The van der Waals surface area contributed by atoms with Crippen molar-refractivity contribution in [2.24, 2.45) is 23.2 Å². The van der Waals surface area contributed by atoms with E-state index in [-0.39, 0.29) is 0 Å². The largest absolute Gasteiger partial charge is 0.0648 e. The van der Waals surface area contributed by atoms with E-state index in [4.69, 9.17) is 0 Å². The minimum Gasteiger partial charge on any atom is -0.0648 e. The monoisotopic (exact) mass is 136 g/mol. The molecule has 0 spiro atoms. The molecule has 3 fully saturated rings. The Balaban J connectivity index is 1.95. The van der Waals surface area contributed by atoms with Gasteiger partial charge in [-0.1, -0.05) is 13.3 Å². The van der Waals surface area contributed by atoms with Gasteiger partial charge in [0.2, 0.25) is 0 Å². The zero-order chi connectivity index (χ0) is 6.77. The van der Waals surface area contributed by atoms with Crippen molar-refractivity contribution in [3.63, 3.8) is 0 Å². The molecule has 3 aliphatic carbocycles. The fourth-order valence-electron chi connectivity index (χ4n) is 4.26. The molecular formula is C10H16. The minimum absolute atomic E-state index is 0.896. The van der Waals surface area contributed by atoms with Crippen LogP contribution in [0.5, 0.6) is 0 Å². The summed E-state index contributed by atoms with van der Waals surface area (Å²) in [4.78, 5) is 0. The summed E-state index contributed by atoms with van der Waals surface area (Å²) in [6, 6.07) is 0. The molecule has 4 atom stereocenters. The van der Waals surface area contributed by atoms with Crippen LogP contribution in [0.4, 0.5) is 0 Å². The van der Waals surface area contributed by atoms with E-state index < -0.39 is 0 Å². The molecule has 0 heteroatoms. The lowest BCUT2D eigenvalue weighted by Crippen LogP contribution is -2.45. The summed E-state index contributed by atoms with van der Waals surface area (Å²) >= 11 is 0. The average molecular weight is 136 g/mol. The van der Waals surface area contributed by atoms with Crippen molar-refractivity contribution < 1.29 is 0 Å². The van der Waals surface area contributed by atoms with E-state index in [9.17, 15) is 0 Å². The van der Waals surface area contributed by atoms with Crippen LogP contribution < -0.4 is 0 Å². The van der Waals surface area contributed by atoms with Crippen LogP contribution in [0.15, 0.2) is 0 Å². The van der Waals surface area contributed by atoms with Gasteiger partial charge in [-0.05, 0) is 48.9 Å². The normalized spacial score (nSPS) is 62.7. The van der Waals surface area contributed by atoms with Gasteiger partial charge >= 0.3 is 0 Å². The second kappa shape index (κ2) is 1.44. The maximum absolute atomic E-state index is 2.40. The molecule has 0 aromatic carbocycles. The van der Waals surface area contributed by atoms with E-state index in [1.807, 2.05) is 0 Å². The molecule has 0 nitrogen and oxygen atoms in total. The Bertz CT molecular complexity index is 173. The number of fused-ring (bicyclic) bond motifs is 1. The van der Waals surface area contributed by atoms with E-state index in [2.05, 4.69) is 6.92 Å². The summed E-state index contributed by atoms with van der Waals surface area (Å²) in [5.41, 5.74) is 0.896. The molecule has 3 saturated carbocycles. The summed E-state index contributed by atoms with van der Waals surface area (Å²) in [5, 5.41) is 0. The summed E-state index contributed by atoms with van der Waals surface area (Å²) in [6.45, 7) is 2.40. The highest BCUT2D eigenvalue weighted by Gasteiger charge is 2.62. The third kappa shape index (κ3) is 0.408. The molecule has 0 aliphatic heterocycles. The number of hydrogen-bond donors (Lipinski definition) is 0. The van der Waals surface area contributed by atoms with Crippen molar-refractivity contribution in [3.8, 4) is 0 Å². The molecular weight excluding hydrogens is 120 g/mol. The Kier molecular flexibility index (Phi) is 0.810. The van der Waals surface area contributed by atoms with Gasteiger partial charge in [-0.25, -0.2) is 0 Å². The smallest absolute Gasteiger partial charge is 0.0264 e. The number of rotatable bonds is 1. The van der Waals surface area contributed by atoms with Crippen LogP contribution >= 0.6 is 0 Å². The van der Waals surface area contributed by atoms with Crippen molar-refractivity contribution in [1.29, 1.82) is 0 Å². The summed E-state index contributed by atoms with van der Waals surface area (Å²) in [6.07, 6.45) is 7.89. The van der Waals surface area contributed by atoms with Gasteiger partial charge in [-0.15, -0.1) is 0 Å². The molecule has 56 valence electrons. The van der Waals surface area contributed by atoms with Crippen LogP contribution in [0.25, 0.3) is 0 Å². The van der Waals surface area contributed by atoms with E-state index >= 15 is 0 Å². The summed E-state index contributed by atoms with van der Waals surface area (Å²) in [5.74, 6) is 3.56. The number of hydrogen-bond acceptors (Lipinski definition) is 0. The molecule has 0 saturated heterocycles. The van der Waals surface area contributed by atoms with Crippen LogP contribution in [0, 0.1) is 23.2 Å². The average Bonchev–Trinajstić information content (AvgIpc) is 2.41. The second-order valence-electron chi connectivity index (χ2n) is 4.83. The van der Waals surface area contributed by atoms with Gasteiger partial charge in [-0.3, -0.25) is 0 Å². The van der Waals surface area contributed by atoms with Gasteiger partial charge < -0.3 is 0 Å². The summed E-state index contributed by atoms with van der Waals surface area (Å²) in [7, 11) is 0. The van der Waals surface area contributed by atoms with E-state index in [1.54, 1.807) is 25.7 Å². The van der Waals surface area contributed by atoms with Crippen molar-refractivity contribution in [1.82, 2.24) is 0 Å². The van der Waals surface area contributed by atoms with Crippen LogP contribution in [-0.4, -0.2) is 0 Å². The van der Waals surface area contributed by atoms with Gasteiger partial charge in [0.05, 0.1) is 0 Å². The Morgan fingerprint density at radius 2 is 2.20 bits per heavy atom. The maximum Gasteiger partial charge on any atom is -0.0264 e. The first-order chi connectivity index (χ1) is 4.84. The molecule has 10 heavy (non-hydrogen) atoms. The molecule has 0 amide bonds. The van der Waals surface area contributed by atoms with E-state index in [1.165, 1.54) is 24.2 Å². The van der Waals surface area contributed by atoms with Crippen LogP contribution in [0.1, 0.15) is 39.0 Å². The lowest BCUT2D eigenvalue weighted by Gasteiger charge is -2.53. The lowest BCUT2D eigenvalue weighted by molar-refractivity contribution is -0.0378. The van der Waals surface area contributed by atoms with Crippen LogP contribution in [-0.2, 0) is 0 Å². The molecule has 0 N–H and O–H groups in total. The van der Waals surface area contributed by atoms with Gasteiger partial charge in [0.1, 0.15) is 0 Å². The topological polar surface area (TPSA) is 0 Å². The molecule has 4 unspecified atom stereocenters. The SMILES string of the molecule is CCC12CC3CC(C1)C2C3. The minimum atomic E-state index is 0.896. The molecule has 0 heterocycles. The zero-order valence-corrected chi connectivity index (χ0v) is 6.77. The molecule has 3 rings (SSSR count). The standard InChI is InChI=1S/C10H16/c1-2-10-5-7-3-8(6-10)9(10)4-7/h7-9H,2-6H2,1H3. The maximum atomic E-state index is 2.40. The first kappa shape index (κ1) is 5.62.